The van der Waals surface area contributed by atoms with Crippen molar-refractivity contribution in [3.05, 3.63) is 34.1 Å². The molecular weight excluding hydrogens is 293 g/mol. The van der Waals surface area contributed by atoms with E-state index in [-0.39, 0.29) is 17.8 Å². The molecule has 16 heavy (non-hydrogen) atoms. The van der Waals surface area contributed by atoms with Gasteiger partial charge < -0.3 is 5.32 Å². The molecule has 1 amide bonds. The number of carbonyl (C=O) groups excluding carboxylic acids is 1. The maximum atomic E-state index is 12.8. The van der Waals surface area contributed by atoms with Crippen molar-refractivity contribution in [2.45, 2.75) is 13.0 Å². The summed E-state index contributed by atoms with van der Waals surface area (Å²) in [6.45, 7) is 1.94. The first-order valence-corrected chi connectivity index (χ1v) is 6.98. The third-order valence-electron chi connectivity index (χ3n) is 1.97. The summed E-state index contributed by atoms with van der Waals surface area (Å²) in [5, 5.41) is 2.85. The predicted molar refractivity (Wildman–Crippen MR) is 69.4 cm³/mol. The fraction of sp³-hybridized carbons (Fsp3) is 0.364. The van der Waals surface area contributed by atoms with Crippen molar-refractivity contribution in [1.82, 2.24) is 5.32 Å². The van der Waals surface area contributed by atoms with Gasteiger partial charge in [-0.05, 0) is 47.3 Å². The molecule has 0 aromatic heterocycles. The molecule has 0 heterocycles. The summed E-state index contributed by atoms with van der Waals surface area (Å²) in [5.74, 6) is 0.305. The summed E-state index contributed by atoms with van der Waals surface area (Å²) in [6.07, 6.45) is 1.98. The molecule has 0 bridgehead atoms. The van der Waals surface area contributed by atoms with Gasteiger partial charge in [0, 0.05) is 16.3 Å². The van der Waals surface area contributed by atoms with Gasteiger partial charge in [-0.15, -0.1) is 0 Å². The van der Waals surface area contributed by atoms with Crippen LogP contribution >= 0.6 is 27.7 Å². The highest BCUT2D eigenvalue weighted by molar-refractivity contribution is 9.10. The molecule has 0 aliphatic carbocycles. The minimum Gasteiger partial charge on any atom is -0.349 e. The first-order valence-electron chi connectivity index (χ1n) is 4.79. The molecule has 1 N–H and O–H groups in total. The summed E-state index contributed by atoms with van der Waals surface area (Å²) >= 11 is 4.84. The summed E-state index contributed by atoms with van der Waals surface area (Å²) < 4.78 is 13.3. The lowest BCUT2D eigenvalue weighted by Crippen LogP contribution is -2.34. The minimum atomic E-state index is -0.361. The highest BCUT2D eigenvalue weighted by atomic mass is 79.9. The van der Waals surface area contributed by atoms with Gasteiger partial charge in [-0.2, -0.15) is 11.8 Å². The summed E-state index contributed by atoms with van der Waals surface area (Å²) in [4.78, 5) is 11.8. The van der Waals surface area contributed by atoms with Gasteiger partial charge in [-0.3, -0.25) is 4.79 Å². The zero-order valence-electron chi connectivity index (χ0n) is 9.09. The average Bonchev–Trinajstić information content (AvgIpc) is 2.17. The van der Waals surface area contributed by atoms with Crippen molar-refractivity contribution in [2.75, 3.05) is 12.0 Å². The van der Waals surface area contributed by atoms with E-state index in [0.29, 0.717) is 10.0 Å². The van der Waals surface area contributed by atoms with Crippen LogP contribution in [0.3, 0.4) is 0 Å². The van der Waals surface area contributed by atoms with Crippen LogP contribution < -0.4 is 5.32 Å². The number of carbonyl (C=O) groups is 1. The Morgan fingerprint density at radius 2 is 2.31 bits per heavy atom. The normalized spacial score (nSPS) is 12.2. The largest absolute Gasteiger partial charge is 0.349 e. The Hall–Kier alpha value is -0.550. The number of halogens is 2. The Kier molecular flexibility index (Phi) is 5.28. The van der Waals surface area contributed by atoms with E-state index in [4.69, 9.17) is 0 Å². The fourth-order valence-electron chi connectivity index (χ4n) is 1.27. The summed E-state index contributed by atoms with van der Waals surface area (Å²) in [7, 11) is 0. The maximum absolute atomic E-state index is 12.8. The number of amides is 1. The van der Waals surface area contributed by atoms with Crippen LogP contribution in [0.15, 0.2) is 22.7 Å². The molecule has 0 spiro atoms. The number of nitrogens with one attached hydrogen (secondary N) is 1. The highest BCUT2D eigenvalue weighted by Crippen LogP contribution is 2.18. The highest BCUT2D eigenvalue weighted by Gasteiger charge is 2.12. The van der Waals surface area contributed by atoms with E-state index in [0.717, 1.165) is 5.75 Å². The van der Waals surface area contributed by atoms with Crippen molar-refractivity contribution in [3.8, 4) is 0 Å². The minimum absolute atomic E-state index is 0.0967. The van der Waals surface area contributed by atoms with E-state index in [1.807, 2.05) is 13.2 Å². The van der Waals surface area contributed by atoms with Gasteiger partial charge in [0.15, 0.2) is 0 Å². The smallest absolute Gasteiger partial charge is 0.252 e. The third-order valence-corrected chi connectivity index (χ3v) is 3.46. The lowest BCUT2D eigenvalue weighted by atomic mass is 10.2. The Morgan fingerprint density at radius 3 is 2.88 bits per heavy atom. The molecule has 2 nitrogen and oxygen atoms in total. The van der Waals surface area contributed by atoms with Crippen LogP contribution in [0.5, 0.6) is 0 Å². The molecule has 1 unspecified atom stereocenters. The van der Waals surface area contributed by atoms with Crippen molar-refractivity contribution in [2.24, 2.45) is 0 Å². The molecule has 1 aromatic rings. The number of rotatable bonds is 4. The second-order valence-corrected chi connectivity index (χ2v) is 5.22. The molecule has 1 rings (SSSR count). The van der Waals surface area contributed by atoms with E-state index in [9.17, 15) is 9.18 Å². The number of hydrogen-bond donors (Lipinski definition) is 1. The van der Waals surface area contributed by atoms with Crippen LogP contribution in [0, 0.1) is 5.82 Å². The van der Waals surface area contributed by atoms with Gasteiger partial charge in [0.1, 0.15) is 5.82 Å². The van der Waals surface area contributed by atoms with E-state index in [2.05, 4.69) is 21.2 Å². The Labute approximate surface area is 107 Å². The zero-order valence-corrected chi connectivity index (χ0v) is 11.5. The van der Waals surface area contributed by atoms with Crippen LogP contribution in [0.1, 0.15) is 17.3 Å². The monoisotopic (exact) mass is 305 g/mol. The zero-order chi connectivity index (χ0) is 12.1. The Morgan fingerprint density at radius 1 is 1.62 bits per heavy atom. The van der Waals surface area contributed by atoms with Crippen molar-refractivity contribution < 1.29 is 9.18 Å². The first-order chi connectivity index (χ1) is 7.54. The Balaban J connectivity index is 2.73. The van der Waals surface area contributed by atoms with Crippen LogP contribution in [-0.2, 0) is 0 Å². The van der Waals surface area contributed by atoms with Crippen LogP contribution in [0.4, 0.5) is 4.39 Å². The van der Waals surface area contributed by atoms with E-state index in [1.165, 1.54) is 18.2 Å². The van der Waals surface area contributed by atoms with Gasteiger partial charge in [-0.1, -0.05) is 0 Å². The molecule has 0 fully saturated rings. The second-order valence-electron chi connectivity index (χ2n) is 3.45. The topological polar surface area (TPSA) is 29.1 Å². The summed E-state index contributed by atoms with van der Waals surface area (Å²) in [6, 6.07) is 4.13. The SMILES string of the molecule is CSCC(C)NC(=O)c1ccc(F)cc1Br. The van der Waals surface area contributed by atoms with Crippen LogP contribution in [-0.4, -0.2) is 24.0 Å². The molecule has 88 valence electrons. The van der Waals surface area contributed by atoms with Gasteiger partial charge in [0.05, 0.1) is 5.56 Å². The standard InChI is InChI=1S/C11H13BrFNOS/c1-7(6-16-2)14-11(15)9-4-3-8(13)5-10(9)12/h3-5,7H,6H2,1-2H3,(H,14,15). The Bertz CT molecular complexity index is 386. The van der Waals surface area contributed by atoms with Crippen molar-refractivity contribution in [3.63, 3.8) is 0 Å². The third kappa shape index (κ3) is 3.79. The van der Waals surface area contributed by atoms with Gasteiger partial charge >= 0.3 is 0 Å². The predicted octanol–water partition coefficient (Wildman–Crippen LogP) is 3.07. The number of benzene rings is 1. The van der Waals surface area contributed by atoms with E-state index >= 15 is 0 Å². The van der Waals surface area contributed by atoms with Crippen LogP contribution in [0.25, 0.3) is 0 Å². The molecule has 0 saturated heterocycles. The molecular formula is C11H13BrFNOS. The van der Waals surface area contributed by atoms with E-state index < -0.39 is 0 Å². The lowest BCUT2D eigenvalue weighted by molar-refractivity contribution is 0.0943. The molecule has 0 aliphatic heterocycles. The summed E-state index contributed by atoms with van der Waals surface area (Å²) in [5.41, 5.74) is 0.453. The van der Waals surface area contributed by atoms with Gasteiger partial charge in [0.25, 0.3) is 5.91 Å². The fourth-order valence-corrected chi connectivity index (χ4v) is 2.38. The molecule has 5 heteroatoms. The molecule has 1 atom stereocenters. The van der Waals surface area contributed by atoms with Gasteiger partial charge in [0.2, 0.25) is 0 Å². The first kappa shape index (κ1) is 13.5. The van der Waals surface area contributed by atoms with Gasteiger partial charge in [-0.25, -0.2) is 4.39 Å². The molecule has 0 radical (unpaired) electrons. The molecule has 1 aromatic carbocycles. The van der Waals surface area contributed by atoms with Crippen molar-refractivity contribution in [1.29, 1.82) is 0 Å². The van der Waals surface area contributed by atoms with E-state index in [1.54, 1.807) is 11.8 Å². The number of thioether (sulfide) groups is 1. The quantitative estimate of drug-likeness (QED) is 0.926. The average molecular weight is 306 g/mol. The molecule has 0 aliphatic rings. The maximum Gasteiger partial charge on any atom is 0.252 e. The second kappa shape index (κ2) is 6.25. The van der Waals surface area contributed by atoms with Crippen molar-refractivity contribution >= 4 is 33.6 Å². The number of hydrogen-bond acceptors (Lipinski definition) is 2. The molecule has 0 saturated carbocycles. The van der Waals surface area contributed by atoms with Crippen LogP contribution in [0.2, 0.25) is 0 Å². The lowest BCUT2D eigenvalue weighted by Gasteiger charge is -2.13.